The van der Waals surface area contributed by atoms with Crippen LogP contribution in [0.3, 0.4) is 0 Å². The monoisotopic (exact) mass is 242 g/mol. The van der Waals surface area contributed by atoms with Gasteiger partial charge in [0.15, 0.2) is 0 Å². The number of carbonyl (C=O) groups is 1. The number of carboxylic acids is 1. The smallest absolute Gasteiger partial charge is 0.339 e. The van der Waals surface area contributed by atoms with Gasteiger partial charge in [0.2, 0.25) is 0 Å². The van der Waals surface area contributed by atoms with Crippen molar-refractivity contribution in [2.24, 2.45) is 0 Å². The molecular formula is C12H15FO4. The highest BCUT2D eigenvalue weighted by atomic mass is 19.1. The van der Waals surface area contributed by atoms with Crippen LogP contribution < -0.4 is 4.74 Å². The predicted octanol–water partition coefficient (Wildman–Crippen LogP) is 2.33. The number of rotatable bonds is 6. The lowest BCUT2D eigenvalue weighted by Gasteiger charge is -2.15. The van der Waals surface area contributed by atoms with Crippen LogP contribution in [0.1, 0.15) is 23.7 Å². The Labute approximate surface area is 99.0 Å². The summed E-state index contributed by atoms with van der Waals surface area (Å²) in [5.41, 5.74) is -0.0457. The number of halogens is 1. The molecule has 1 aromatic carbocycles. The van der Waals surface area contributed by atoms with E-state index in [1.54, 1.807) is 14.0 Å². The van der Waals surface area contributed by atoms with E-state index in [1.807, 2.05) is 0 Å². The highest BCUT2D eigenvalue weighted by Crippen LogP contribution is 2.21. The van der Waals surface area contributed by atoms with Crippen LogP contribution in [0.15, 0.2) is 18.2 Å². The van der Waals surface area contributed by atoms with Gasteiger partial charge in [-0.25, -0.2) is 9.18 Å². The molecule has 0 bridgehead atoms. The molecule has 0 aliphatic carbocycles. The van der Waals surface area contributed by atoms with Gasteiger partial charge < -0.3 is 14.6 Å². The summed E-state index contributed by atoms with van der Waals surface area (Å²) in [7, 11) is 1.57. The highest BCUT2D eigenvalue weighted by Gasteiger charge is 2.14. The molecule has 0 saturated heterocycles. The molecule has 1 rings (SSSR count). The molecule has 1 N–H and O–H groups in total. The van der Waals surface area contributed by atoms with Gasteiger partial charge in [0.1, 0.15) is 17.1 Å². The largest absolute Gasteiger partial charge is 0.490 e. The second-order valence-corrected chi connectivity index (χ2v) is 3.66. The molecule has 0 aliphatic rings. The van der Waals surface area contributed by atoms with E-state index in [0.717, 1.165) is 12.1 Å². The maximum Gasteiger partial charge on any atom is 0.339 e. The Morgan fingerprint density at radius 2 is 2.24 bits per heavy atom. The third-order valence-electron chi connectivity index (χ3n) is 2.23. The summed E-state index contributed by atoms with van der Waals surface area (Å²) in [4.78, 5) is 10.9. The van der Waals surface area contributed by atoms with Gasteiger partial charge in [-0.3, -0.25) is 0 Å². The van der Waals surface area contributed by atoms with Gasteiger partial charge in [0.05, 0.1) is 6.10 Å². The number of hydrogen-bond donors (Lipinski definition) is 1. The predicted molar refractivity (Wildman–Crippen MR) is 59.9 cm³/mol. The molecule has 0 radical (unpaired) electrons. The Hall–Kier alpha value is -1.62. The van der Waals surface area contributed by atoms with E-state index in [2.05, 4.69) is 0 Å². The summed E-state index contributed by atoms with van der Waals surface area (Å²) in [5.74, 6) is -1.62. The van der Waals surface area contributed by atoms with Crippen molar-refractivity contribution in [3.8, 4) is 5.75 Å². The van der Waals surface area contributed by atoms with Gasteiger partial charge in [-0.1, -0.05) is 0 Å². The normalized spacial score (nSPS) is 12.2. The van der Waals surface area contributed by atoms with E-state index in [9.17, 15) is 9.18 Å². The van der Waals surface area contributed by atoms with Gasteiger partial charge in [-0.15, -0.1) is 0 Å². The van der Waals surface area contributed by atoms with Gasteiger partial charge in [-0.05, 0) is 19.1 Å². The van der Waals surface area contributed by atoms with E-state index >= 15 is 0 Å². The topological polar surface area (TPSA) is 55.8 Å². The number of hydrogen-bond acceptors (Lipinski definition) is 3. The molecule has 0 aliphatic heterocycles. The van der Waals surface area contributed by atoms with E-state index in [4.69, 9.17) is 14.6 Å². The summed E-state index contributed by atoms with van der Waals surface area (Å²) in [5, 5.41) is 8.92. The molecule has 1 unspecified atom stereocenters. The third-order valence-corrected chi connectivity index (χ3v) is 2.23. The Kier molecular flexibility index (Phi) is 4.90. The van der Waals surface area contributed by atoms with Crippen molar-refractivity contribution in [3.63, 3.8) is 0 Å². The molecule has 0 saturated carbocycles. The van der Waals surface area contributed by atoms with E-state index < -0.39 is 11.8 Å². The zero-order valence-electron chi connectivity index (χ0n) is 9.77. The minimum atomic E-state index is -1.14. The quantitative estimate of drug-likeness (QED) is 0.831. The number of methoxy groups -OCH3 is 1. The van der Waals surface area contributed by atoms with Crippen molar-refractivity contribution in [2.45, 2.75) is 19.4 Å². The summed E-state index contributed by atoms with van der Waals surface area (Å²) in [6, 6.07) is 3.36. The summed E-state index contributed by atoms with van der Waals surface area (Å²) in [6.45, 7) is 2.27. The lowest BCUT2D eigenvalue weighted by atomic mass is 10.2. The van der Waals surface area contributed by atoms with Crippen LogP contribution in [0, 0.1) is 5.82 Å². The lowest BCUT2D eigenvalue weighted by Crippen LogP contribution is -2.16. The van der Waals surface area contributed by atoms with E-state index in [0.29, 0.717) is 13.0 Å². The number of carboxylic acid groups (broad SMARTS) is 1. The zero-order chi connectivity index (χ0) is 12.8. The maximum atomic E-state index is 13.0. The maximum absolute atomic E-state index is 13.0. The van der Waals surface area contributed by atoms with Crippen LogP contribution in [0.2, 0.25) is 0 Å². The molecule has 0 spiro atoms. The molecule has 17 heavy (non-hydrogen) atoms. The number of ether oxygens (including phenoxy) is 2. The molecule has 94 valence electrons. The van der Waals surface area contributed by atoms with Crippen molar-refractivity contribution in [3.05, 3.63) is 29.6 Å². The average Bonchev–Trinajstić information content (AvgIpc) is 2.26. The van der Waals surface area contributed by atoms with Gasteiger partial charge in [0, 0.05) is 26.2 Å². The standard InChI is InChI=1S/C12H15FO4/c1-8(5-6-16-2)17-11-7-9(13)3-4-10(11)12(14)15/h3-4,7-8H,5-6H2,1-2H3,(H,14,15). The minimum Gasteiger partial charge on any atom is -0.490 e. The molecule has 1 atom stereocenters. The minimum absolute atomic E-state index is 0.0427. The van der Waals surface area contributed by atoms with Crippen molar-refractivity contribution >= 4 is 5.97 Å². The van der Waals surface area contributed by atoms with Gasteiger partial charge in [-0.2, -0.15) is 0 Å². The third kappa shape index (κ3) is 4.03. The molecule has 0 aromatic heterocycles. The zero-order valence-corrected chi connectivity index (χ0v) is 9.77. The molecule has 0 fully saturated rings. The Morgan fingerprint density at radius 3 is 2.82 bits per heavy atom. The van der Waals surface area contributed by atoms with Gasteiger partial charge in [0.25, 0.3) is 0 Å². The number of aromatic carboxylic acids is 1. The van der Waals surface area contributed by atoms with Crippen molar-refractivity contribution in [1.82, 2.24) is 0 Å². The fourth-order valence-electron chi connectivity index (χ4n) is 1.33. The van der Waals surface area contributed by atoms with Crippen LogP contribution in [0.5, 0.6) is 5.75 Å². The lowest BCUT2D eigenvalue weighted by molar-refractivity contribution is 0.0687. The SMILES string of the molecule is COCCC(C)Oc1cc(F)ccc1C(=O)O. The molecular weight excluding hydrogens is 227 g/mol. The van der Waals surface area contributed by atoms with Crippen LogP contribution in [-0.2, 0) is 4.74 Å². The molecule has 1 aromatic rings. The first-order valence-electron chi connectivity index (χ1n) is 5.23. The Morgan fingerprint density at radius 1 is 1.53 bits per heavy atom. The fourth-order valence-corrected chi connectivity index (χ4v) is 1.33. The summed E-state index contributed by atoms with van der Waals surface area (Å²) < 4.78 is 23.3. The first-order valence-corrected chi connectivity index (χ1v) is 5.23. The molecule has 5 heteroatoms. The van der Waals surface area contributed by atoms with Crippen molar-refractivity contribution < 1.29 is 23.8 Å². The van der Waals surface area contributed by atoms with E-state index in [1.165, 1.54) is 6.07 Å². The first kappa shape index (κ1) is 13.4. The van der Waals surface area contributed by atoms with Crippen LogP contribution in [0.25, 0.3) is 0 Å². The summed E-state index contributed by atoms with van der Waals surface area (Å²) >= 11 is 0. The second-order valence-electron chi connectivity index (χ2n) is 3.66. The molecule has 0 heterocycles. The van der Waals surface area contributed by atoms with Crippen LogP contribution in [0.4, 0.5) is 4.39 Å². The highest BCUT2D eigenvalue weighted by molar-refractivity contribution is 5.90. The van der Waals surface area contributed by atoms with Crippen molar-refractivity contribution in [1.29, 1.82) is 0 Å². The first-order chi connectivity index (χ1) is 8.04. The van der Waals surface area contributed by atoms with Crippen LogP contribution >= 0.6 is 0 Å². The van der Waals surface area contributed by atoms with Crippen molar-refractivity contribution in [2.75, 3.05) is 13.7 Å². The van der Waals surface area contributed by atoms with E-state index in [-0.39, 0.29) is 17.4 Å². The second kappa shape index (κ2) is 6.20. The van der Waals surface area contributed by atoms with Gasteiger partial charge >= 0.3 is 5.97 Å². The Bertz CT molecular complexity index is 392. The fraction of sp³-hybridized carbons (Fsp3) is 0.417. The summed E-state index contributed by atoms with van der Waals surface area (Å²) in [6.07, 6.45) is 0.362. The molecule has 4 nitrogen and oxygen atoms in total. The molecule has 0 amide bonds. The Balaban J connectivity index is 2.81. The number of benzene rings is 1. The van der Waals surface area contributed by atoms with Crippen LogP contribution in [-0.4, -0.2) is 30.9 Å². The average molecular weight is 242 g/mol.